The highest BCUT2D eigenvalue weighted by Gasteiger charge is 2.27. The Bertz CT molecular complexity index is 1100. The van der Waals surface area contributed by atoms with Crippen molar-refractivity contribution in [3.05, 3.63) is 50.8 Å². The second-order valence-corrected chi connectivity index (χ2v) is 7.29. The van der Waals surface area contributed by atoms with Gasteiger partial charge < -0.3 is 9.88 Å². The number of nitrogens with one attached hydrogen (secondary N) is 1. The maximum atomic E-state index is 13.2. The Hall–Kier alpha value is -2.81. The van der Waals surface area contributed by atoms with Gasteiger partial charge in [0.15, 0.2) is 11.2 Å². The standard InChI is InChI=1S/C18H18ClFN6O2/c1-10-21-17-16(18(28)22-10)23-24-26(17)13-4-6-25(7-5-13)15(27)8-11-2-3-12(20)9-14(11)19/h2-3,9,13H,4-8H2,1H3,(H,21,22,28). The van der Waals surface area contributed by atoms with Crippen molar-refractivity contribution in [2.75, 3.05) is 13.1 Å². The summed E-state index contributed by atoms with van der Waals surface area (Å²) < 4.78 is 14.8. The van der Waals surface area contributed by atoms with Gasteiger partial charge in [-0.1, -0.05) is 22.9 Å². The van der Waals surface area contributed by atoms with Gasteiger partial charge >= 0.3 is 0 Å². The summed E-state index contributed by atoms with van der Waals surface area (Å²) in [6, 6.07) is 4.06. The lowest BCUT2D eigenvalue weighted by atomic mass is 10.0. The lowest BCUT2D eigenvalue weighted by Gasteiger charge is -2.32. The Labute approximate surface area is 164 Å². The van der Waals surface area contributed by atoms with Gasteiger partial charge in [0.1, 0.15) is 11.6 Å². The third-order valence-electron chi connectivity index (χ3n) is 4.97. The van der Waals surface area contributed by atoms with E-state index in [1.165, 1.54) is 18.2 Å². The van der Waals surface area contributed by atoms with Gasteiger partial charge in [-0.15, -0.1) is 5.10 Å². The van der Waals surface area contributed by atoms with Crippen LogP contribution in [0.5, 0.6) is 0 Å². The summed E-state index contributed by atoms with van der Waals surface area (Å²) in [7, 11) is 0. The van der Waals surface area contributed by atoms with Gasteiger partial charge in [-0.05, 0) is 37.5 Å². The van der Waals surface area contributed by atoms with Crippen molar-refractivity contribution in [3.8, 4) is 0 Å². The van der Waals surface area contributed by atoms with Crippen LogP contribution in [0.25, 0.3) is 11.2 Å². The van der Waals surface area contributed by atoms with Crippen LogP contribution in [-0.4, -0.2) is 48.9 Å². The van der Waals surface area contributed by atoms with Crippen molar-refractivity contribution in [1.82, 2.24) is 29.9 Å². The highest BCUT2D eigenvalue weighted by atomic mass is 35.5. The van der Waals surface area contributed by atoms with Crippen LogP contribution >= 0.6 is 11.6 Å². The van der Waals surface area contributed by atoms with Crippen molar-refractivity contribution in [1.29, 1.82) is 0 Å². The highest BCUT2D eigenvalue weighted by molar-refractivity contribution is 6.31. The SMILES string of the molecule is Cc1nc2c(nnn2C2CCN(C(=O)Cc3ccc(F)cc3Cl)CC2)c(=O)[nH]1. The van der Waals surface area contributed by atoms with Crippen LogP contribution < -0.4 is 5.56 Å². The van der Waals surface area contributed by atoms with E-state index in [1.54, 1.807) is 16.5 Å². The van der Waals surface area contributed by atoms with E-state index < -0.39 is 5.82 Å². The molecule has 1 amide bonds. The molecule has 10 heteroatoms. The molecule has 2 aromatic heterocycles. The Morgan fingerprint density at radius 2 is 2.11 bits per heavy atom. The number of hydrogen-bond acceptors (Lipinski definition) is 5. The number of carbonyl (C=O) groups excluding carboxylic acids is 1. The van der Waals surface area contributed by atoms with Gasteiger partial charge in [0.25, 0.3) is 5.56 Å². The fraction of sp³-hybridized carbons (Fsp3) is 0.389. The third-order valence-corrected chi connectivity index (χ3v) is 5.32. The Morgan fingerprint density at radius 3 is 2.82 bits per heavy atom. The second-order valence-electron chi connectivity index (χ2n) is 6.88. The van der Waals surface area contributed by atoms with Crippen molar-refractivity contribution < 1.29 is 9.18 Å². The highest BCUT2D eigenvalue weighted by Crippen LogP contribution is 2.25. The van der Waals surface area contributed by atoms with Crippen molar-refractivity contribution in [2.45, 2.75) is 32.2 Å². The zero-order valence-electron chi connectivity index (χ0n) is 15.2. The quantitative estimate of drug-likeness (QED) is 0.720. The summed E-state index contributed by atoms with van der Waals surface area (Å²) in [4.78, 5) is 33.3. The molecule has 0 spiro atoms. The van der Waals surface area contributed by atoms with Crippen LogP contribution in [0.4, 0.5) is 4.39 Å². The third kappa shape index (κ3) is 3.49. The molecule has 3 heterocycles. The average Bonchev–Trinajstić information content (AvgIpc) is 3.08. The summed E-state index contributed by atoms with van der Waals surface area (Å²) in [5, 5.41) is 8.30. The van der Waals surface area contributed by atoms with Gasteiger partial charge in [0.2, 0.25) is 5.91 Å². The monoisotopic (exact) mass is 404 g/mol. The van der Waals surface area contributed by atoms with Gasteiger partial charge in [-0.2, -0.15) is 0 Å². The molecule has 1 fully saturated rings. The number of H-pyrrole nitrogens is 1. The molecule has 1 N–H and O–H groups in total. The minimum absolute atomic E-state index is 0.0113. The first-order chi connectivity index (χ1) is 13.4. The van der Waals surface area contributed by atoms with Gasteiger partial charge in [-0.25, -0.2) is 14.1 Å². The molecule has 0 saturated carbocycles. The average molecular weight is 405 g/mol. The van der Waals surface area contributed by atoms with E-state index in [2.05, 4.69) is 20.3 Å². The fourth-order valence-corrected chi connectivity index (χ4v) is 3.73. The number of piperidine rings is 1. The van der Waals surface area contributed by atoms with E-state index in [9.17, 15) is 14.0 Å². The number of carbonyl (C=O) groups is 1. The molecule has 146 valence electrons. The molecule has 28 heavy (non-hydrogen) atoms. The smallest absolute Gasteiger partial charge is 0.281 e. The predicted molar refractivity (Wildman–Crippen MR) is 101 cm³/mol. The zero-order valence-corrected chi connectivity index (χ0v) is 15.9. The summed E-state index contributed by atoms with van der Waals surface area (Å²) in [6.45, 7) is 2.80. The number of amides is 1. The number of rotatable bonds is 3. The molecule has 0 unspecified atom stereocenters. The number of likely N-dealkylation sites (tertiary alicyclic amines) is 1. The van der Waals surface area contributed by atoms with Crippen molar-refractivity contribution in [3.63, 3.8) is 0 Å². The van der Waals surface area contributed by atoms with Crippen LogP contribution in [0.1, 0.15) is 30.3 Å². The van der Waals surface area contributed by atoms with E-state index in [0.717, 1.165) is 0 Å². The lowest BCUT2D eigenvalue weighted by Crippen LogP contribution is -2.40. The summed E-state index contributed by atoms with van der Waals surface area (Å²) in [5.41, 5.74) is 0.980. The second kappa shape index (κ2) is 7.31. The molecular weight excluding hydrogens is 387 g/mol. The molecule has 8 nitrogen and oxygen atoms in total. The summed E-state index contributed by atoms with van der Waals surface area (Å²) in [5.74, 6) is 0.0235. The molecule has 0 aliphatic carbocycles. The Balaban J connectivity index is 1.45. The molecule has 0 radical (unpaired) electrons. The van der Waals surface area contributed by atoms with Crippen LogP contribution in [0.2, 0.25) is 5.02 Å². The van der Waals surface area contributed by atoms with Crippen LogP contribution in [-0.2, 0) is 11.2 Å². The number of nitrogens with zero attached hydrogens (tertiary/aromatic N) is 5. The number of aryl methyl sites for hydroxylation is 1. The minimum Gasteiger partial charge on any atom is -0.342 e. The fourth-order valence-electron chi connectivity index (χ4n) is 3.50. The molecule has 1 aliphatic heterocycles. The van der Waals surface area contributed by atoms with Crippen molar-refractivity contribution in [2.24, 2.45) is 0 Å². The topological polar surface area (TPSA) is 96.8 Å². The van der Waals surface area contributed by atoms with Gasteiger partial charge in [-0.3, -0.25) is 9.59 Å². The van der Waals surface area contributed by atoms with Gasteiger partial charge in [0.05, 0.1) is 12.5 Å². The maximum absolute atomic E-state index is 13.2. The number of aromatic amines is 1. The normalized spacial score (nSPS) is 15.3. The summed E-state index contributed by atoms with van der Waals surface area (Å²) in [6.07, 6.45) is 1.48. The summed E-state index contributed by atoms with van der Waals surface area (Å²) >= 11 is 6.02. The number of halogens is 2. The first-order valence-electron chi connectivity index (χ1n) is 8.96. The first kappa shape index (κ1) is 18.5. The first-order valence-corrected chi connectivity index (χ1v) is 9.33. The van der Waals surface area contributed by atoms with Crippen LogP contribution in [0.15, 0.2) is 23.0 Å². The number of fused-ring (bicyclic) bond motifs is 1. The number of benzene rings is 1. The minimum atomic E-state index is -0.426. The molecule has 1 saturated heterocycles. The molecule has 1 aromatic carbocycles. The van der Waals surface area contributed by atoms with Crippen LogP contribution in [0.3, 0.4) is 0 Å². The van der Waals surface area contributed by atoms with Gasteiger partial charge in [0, 0.05) is 18.1 Å². The zero-order chi connectivity index (χ0) is 19.8. The van der Waals surface area contributed by atoms with E-state index in [0.29, 0.717) is 43.0 Å². The molecule has 1 aliphatic rings. The van der Waals surface area contributed by atoms with E-state index in [-0.39, 0.29) is 34.5 Å². The number of aromatic nitrogens is 5. The molecule has 0 atom stereocenters. The molecule has 4 rings (SSSR count). The molecule has 3 aromatic rings. The van der Waals surface area contributed by atoms with Crippen LogP contribution in [0, 0.1) is 12.7 Å². The largest absolute Gasteiger partial charge is 0.342 e. The molecular formula is C18H18ClFN6O2. The number of hydrogen-bond donors (Lipinski definition) is 1. The van der Waals surface area contributed by atoms with Crippen molar-refractivity contribution >= 4 is 28.7 Å². The Morgan fingerprint density at radius 1 is 1.36 bits per heavy atom. The van der Waals surface area contributed by atoms with E-state index in [1.807, 2.05) is 0 Å². The van der Waals surface area contributed by atoms with E-state index in [4.69, 9.17) is 11.6 Å². The maximum Gasteiger partial charge on any atom is 0.281 e. The predicted octanol–water partition coefficient (Wildman–Crippen LogP) is 2.02. The van der Waals surface area contributed by atoms with E-state index >= 15 is 0 Å². The molecule has 0 bridgehead atoms. The Kier molecular flexibility index (Phi) is 4.84. The lowest BCUT2D eigenvalue weighted by molar-refractivity contribution is -0.131.